The summed E-state index contributed by atoms with van der Waals surface area (Å²) in [5.74, 6) is -0.0875. The third kappa shape index (κ3) is 4.66. The van der Waals surface area contributed by atoms with Gasteiger partial charge in [0.25, 0.3) is 5.91 Å². The van der Waals surface area contributed by atoms with Crippen molar-refractivity contribution >= 4 is 34.8 Å². The van der Waals surface area contributed by atoms with Crippen LogP contribution in [0.5, 0.6) is 0 Å². The van der Waals surface area contributed by atoms with Crippen LogP contribution in [-0.2, 0) is 4.79 Å². The number of carbonyl (C=O) groups is 1. The van der Waals surface area contributed by atoms with Gasteiger partial charge in [0.2, 0.25) is 0 Å². The Hall–Kier alpha value is -1.70. The van der Waals surface area contributed by atoms with Crippen molar-refractivity contribution in [3.05, 3.63) is 41.1 Å². The molecule has 1 rings (SSSR count). The smallest absolute Gasteiger partial charge is 0.267 e. The lowest BCUT2D eigenvalue weighted by atomic mass is 10.2. The number of alkyl halides is 1. The van der Waals surface area contributed by atoms with Crippen LogP contribution in [0.4, 0.5) is 5.69 Å². The molecule has 0 fully saturated rings. The quantitative estimate of drug-likeness (QED) is 0.378. The highest BCUT2D eigenvalue weighted by atomic mass is 35.5. The number of carbonyl (C=O) groups excluding carboxylic acids is 1. The van der Waals surface area contributed by atoms with Gasteiger partial charge in [-0.3, -0.25) is 4.79 Å². The average molecular weight is 284 g/mol. The van der Waals surface area contributed by atoms with E-state index < -0.39 is 5.91 Å². The molecule has 0 saturated carbocycles. The fraction of sp³-hybridized carbons (Fsp3) is 0.167. The molecule has 0 saturated heterocycles. The van der Waals surface area contributed by atoms with Gasteiger partial charge in [0, 0.05) is 29.3 Å². The molecule has 18 heavy (non-hydrogen) atoms. The summed E-state index contributed by atoms with van der Waals surface area (Å²) < 4.78 is 0. The fourth-order valence-corrected chi connectivity index (χ4v) is 1.34. The highest BCUT2D eigenvalue weighted by Crippen LogP contribution is 2.13. The van der Waals surface area contributed by atoms with Gasteiger partial charge in [-0.25, -0.2) is 0 Å². The van der Waals surface area contributed by atoms with Gasteiger partial charge < -0.3 is 10.6 Å². The highest BCUT2D eigenvalue weighted by Gasteiger charge is 2.08. The van der Waals surface area contributed by atoms with Gasteiger partial charge in [-0.1, -0.05) is 11.6 Å². The molecule has 0 aliphatic heterocycles. The Morgan fingerprint density at radius 1 is 1.39 bits per heavy atom. The zero-order valence-corrected chi connectivity index (χ0v) is 10.9. The van der Waals surface area contributed by atoms with Crippen molar-refractivity contribution in [3.8, 4) is 6.07 Å². The molecule has 1 amide bonds. The van der Waals surface area contributed by atoms with Crippen molar-refractivity contribution in [2.45, 2.75) is 0 Å². The molecule has 0 bridgehead atoms. The van der Waals surface area contributed by atoms with Crippen molar-refractivity contribution in [1.82, 2.24) is 5.32 Å². The molecule has 0 atom stereocenters. The van der Waals surface area contributed by atoms with E-state index in [2.05, 4.69) is 10.6 Å². The van der Waals surface area contributed by atoms with E-state index in [4.69, 9.17) is 28.5 Å². The SMILES string of the molecule is N#C/C(=C/NCCCl)C(=O)Nc1ccc(Cl)cc1. The molecule has 1 aromatic rings. The predicted octanol–water partition coefficient (Wildman–Crippen LogP) is 2.51. The zero-order valence-electron chi connectivity index (χ0n) is 9.41. The molecule has 2 N–H and O–H groups in total. The Labute approximate surface area is 115 Å². The second-order valence-electron chi connectivity index (χ2n) is 3.27. The molecular weight excluding hydrogens is 273 g/mol. The fourth-order valence-electron chi connectivity index (χ4n) is 1.11. The molecule has 4 nitrogen and oxygen atoms in total. The maximum Gasteiger partial charge on any atom is 0.267 e. The Bertz CT molecular complexity index is 477. The number of anilines is 1. The maximum atomic E-state index is 11.7. The van der Waals surface area contributed by atoms with Crippen molar-refractivity contribution in [1.29, 1.82) is 5.26 Å². The van der Waals surface area contributed by atoms with Crippen LogP contribution in [0.3, 0.4) is 0 Å². The van der Waals surface area contributed by atoms with Crippen LogP contribution in [0, 0.1) is 11.3 Å². The van der Waals surface area contributed by atoms with Gasteiger partial charge in [-0.05, 0) is 24.3 Å². The van der Waals surface area contributed by atoms with E-state index in [1.54, 1.807) is 24.3 Å². The molecule has 0 aliphatic carbocycles. The van der Waals surface area contributed by atoms with Crippen LogP contribution in [0.15, 0.2) is 36.0 Å². The minimum absolute atomic E-state index is 0.0185. The van der Waals surface area contributed by atoms with E-state index in [1.807, 2.05) is 6.07 Å². The van der Waals surface area contributed by atoms with Crippen LogP contribution in [0.25, 0.3) is 0 Å². The Morgan fingerprint density at radius 3 is 2.61 bits per heavy atom. The van der Waals surface area contributed by atoms with Gasteiger partial charge in [-0.15, -0.1) is 11.6 Å². The molecular formula is C12H11Cl2N3O. The van der Waals surface area contributed by atoms with Crippen LogP contribution >= 0.6 is 23.2 Å². The first kappa shape index (κ1) is 14.4. The largest absolute Gasteiger partial charge is 0.388 e. The van der Waals surface area contributed by atoms with Gasteiger partial charge in [-0.2, -0.15) is 5.26 Å². The predicted molar refractivity (Wildman–Crippen MR) is 72.5 cm³/mol. The molecule has 0 spiro atoms. The third-order valence-electron chi connectivity index (χ3n) is 1.95. The standard InChI is InChI=1S/C12H11Cl2N3O/c13-5-6-16-8-9(7-15)12(18)17-11-3-1-10(14)2-4-11/h1-4,8,16H,5-6H2,(H,17,18)/b9-8-. The summed E-state index contributed by atoms with van der Waals surface area (Å²) in [4.78, 5) is 11.7. The summed E-state index contributed by atoms with van der Waals surface area (Å²) in [6.07, 6.45) is 1.34. The van der Waals surface area contributed by atoms with Gasteiger partial charge in [0.15, 0.2) is 0 Å². The number of nitrogens with zero attached hydrogens (tertiary/aromatic N) is 1. The Kier molecular flexibility index (Phi) is 6.06. The second kappa shape index (κ2) is 7.59. The summed E-state index contributed by atoms with van der Waals surface area (Å²) >= 11 is 11.2. The van der Waals surface area contributed by atoms with E-state index in [0.717, 1.165) is 0 Å². The number of hydrogen-bond acceptors (Lipinski definition) is 3. The van der Waals surface area contributed by atoms with Crippen LogP contribution in [0.1, 0.15) is 0 Å². The molecule has 0 aromatic heterocycles. The first-order valence-corrected chi connectivity index (χ1v) is 6.05. The van der Waals surface area contributed by atoms with Crippen LogP contribution < -0.4 is 10.6 Å². The molecule has 0 aliphatic rings. The number of halogens is 2. The lowest BCUT2D eigenvalue weighted by Crippen LogP contribution is -2.17. The number of nitrogens with one attached hydrogen (secondary N) is 2. The minimum atomic E-state index is -0.484. The van der Waals surface area contributed by atoms with E-state index >= 15 is 0 Å². The lowest BCUT2D eigenvalue weighted by Gasteiger charge is -2.04. The number of benzene rings is 1. The summed E-state index contributed by atoms with van der Waals surface area (Å²) in [6, 6.07) is 8.42. The third-order valence-corrected chi connectivity index (χ3v) is 2.39. The van der Waals surface area contributed by atoms with Crippen molar-refractivity contribution in [2.75, 3.05) is 17.7 Å². The summed E-state index contributed by atoms with van der Waals surface area (Å²) in [6.45, 7) is 0.487. The second-order valence-corrected chi connectivity index (χ2v) is 4.09. The molecule has 94 valence electrons. The number of hydrogen-bond donors (Lipinski definition) is 2. The maximum absolute atomic E-state index is 11.7. The van der Waals surface area contributed by atoms with Gasteiger partial charge in [0.1, 0.15) is 11.6 Å². The van der Waals surface area contributed by atoms with E-state index in [0.29, 0.717) is 23.1 Å². The number of nitriles is 1. The Balaban J connectivity index is 2.66. The van der Waals surface area contributed by atoms with Crippen molar-refractivity contribution < 1.29 is 4.79 Å². The normalized spacial score (nSPS) is 10.6. The first-order valence-electron chi connectivity index (χ1n) is 5.14. The van der Waals surface area contributed by atoms with Crippen molar-refractivity contribution in [2.24, 2.45) is 0 Å². The summed E-state index contributed by atoms with van der Waals surface area (Å²) in [7, 11) is 0. The minimum Gasteiger partial charge on any atom is -0.388 e. The lowest BCUT2D eigenvalue weighted by molar-refractivity contribution is -0.112. The average Bonchev–Trinajstić information content (AvgIpc) is 2.37. The van der Waals surface area contributed by atoms with E-state index in [9.17, 15) is 4.79 Å². The molecule has 0 radical (unpaired) electrons. The Morgan fingerprint density at radius 2 is 2.06 bits per heavy atom. The monoisotopic (exact) mass is 283 g/mol. The number of amides is 1. The van der Waals surface area contributed by atoms with E-state index in [-0.39, 0.29) is 5.57 Å². The number of rotatable bonds is 5. The van der Waals surface area contributed by atoms with Crippen molar-refractivity contribution in [3.63, 3.8) is 0 Å². The molecule has 6 heteroatoms. The summed E-state index contributed by atoms with van der Waals surface area (Å²) in [5, 5.41) is 14.8. The van der Waals surface area contributed by atoms with Gasteiger partial charge >= 0.3 is 0 Å². The molecule has 1 aromatic carbocycles. The van der Waals surface area contributed by atoms with Crippen LogP contribution in [0.2, 0.25) is 5.02 Å². The topological polar surface area (TPSA) is 64.9 Å². The highest BCUT2D eigenvalue weighted by molar-refractivity contribution is 6.30. The van der Waals surface area contributed by atoms with Crippen LogP contribution in [-0.4, -0.2) is 18.3 Å². The molecule has 0 heterocycles. The first-order chi connectivity index (χ1) is 8.67. The zero-order chi connectivity index (χ0) is 13.4. The summed E-state index contributed by atoms with van der Waals surface area (Å²) in [5.41, 5.74) is 0.554. The van der Waals surface area contributed by atoms with Gasteiger partial charge in [0.05, 0.1) is 0 Å². The van der Waals surface area contributed by atoms with E-state index in [1.165, 1.54) is 6.20 Å². The molecule has 0 unspecified atom stereocenters.